The number of carboxylic acid groups (broad SMARTS) is 1. The Hall–Kier alpha value is -2.04. The summed E-state index contributed by atoms with van der Waals surface area (Å²) in [5.74, 6) is -0.412. The highest BCUT2D eigenvalue weighted by Gasteiger charge is 2.09. The molecule has 1 aromatic rings. The Labute approximate surface area is 119 Å². The summed E-state index contributed by atoms with van der Waals surface area (Å²) in [4.78, 5) is 24.3. The van der Waals surface area contributed by atoms with E-state index < -0.39 is 5.97 Å². The number of carbonyl (C=O) groups excluding carboxylic acids is 1. The normalized spacial score (nSPS) is 10.4. The molecular weight excluding hydrogens is 256 g/mol. The molecule has 2 amide bonds. The van der Waals surface area contributed by atoms with Crippen LogP contribution in [0.15, 0.2) is 24.3 Å². The average Bonchev–Trinajstić information content (AvgIpc) is 2.42. The number of aromatic carboxylic acids is 1. The van der Waals surface area contributed by atoms with Crippen LogP contribution in [-0.2, 0) is 6.54 Å². The first-order chi connectivity index (χ1) is 9.40. The van der Waals surface area contributed by atoms with E-state index >= 15 is 0 Å². The SMILES string of the molecule is CC(C)CCN(C)C(=O)NCc1cccc(C(=O)O)c1. The van der Waals surface area contributed by atoms with E-state index in [1.165, 1.54) is 6.07 Å². The lowest BCUT2D eigenvalue weighted by atomic mass is 10.1. The van der Waals surface area contributed by atoms with Gasteiger partial charge >= 0.3 is 12.0 Å². The Bertz CT molecular complexity index is 472. The molecule has 0 radical (unpaired) electrons. The first-order valence-corrected chi connectivity index (χ1v) is 6.71. The Balaban J connectivity index is 2.48. The molecule has 0 aliphatic carbocycles. The second-order valence-electron chi connectivity index (χ2n) is 5.27. The van der Waals surface area contributed by atoms with Crippen molar-refractivity contribution in [1.29, 1.82) is 0 Å². The van der Waals surface area contributed by atoms with Crippen LogP contribution in [0, 0.1) is 5.92 Å². The maximum atomic E-state index is 11.8. The van der Waals surface area contributed by atoms with E-state index in [1.807, 2.05) is 0 Å². The van der Waals surface area contributed by atoms with Crippen LogP contribution < -0.4 is 5.32 Å². The number of benzene rings is 1. The Morgan fingerprint density at radius 2 is 2.05 bits per heavy atom. The van der Waals surface area contributed by atoms with Crippen molar-refractivity contribution < 1.29 is 14.7 Å². The summed E-state index contributed by atoms with van der Waals surface area (Å²) < 4.78 is 0. The monoisotopic (exact) mass is 278 g/mol. The maximum absolute atomic E-state index is 11.8. The van der Waals surface area contributed by atoms with E-state index in [0.29, 0.717) is 19.0 Å². The van der Waals surface area contributed by atoms with E-state index in [1.54, 1.807) is 30.1 Å². The van der Waals surface area contributed by atoms with E-state index in [4.69, 9.17) is 5.11 Å². The highest BCUT2D eigenvalue weighted by atomic mass is 16.4. The molecule has 0 aliphatic rings. The van der Waals surface area contributed by atoms with E-state index in [9.17, 15) is 9.59 Å². The molecule has 0 spiro atoms. The minimum Gasteiger partial charge on any atom is -0.478 e. The van der Waals surface area contributed by atoms with Crippen LogP contribution in [0.1, 0.15) is 36.2 Å². The smallest absolute Gasteiger partial charge is 0.335 e. The molecule has 0 saturated heterocycles. The molecule has 0 aliphatic heterocycles. The topological polar surface area (TPSA) is 69.6 Å². The fraction of sp³-hybridized carbons (Fsp3) is 0.467. The highest BCUT2D eigenvalue weighted by Crippen LogP contribution is 2.06. The number of rotatable bonds is 6. The van der Waals surface area contributed by atoms with Crippen molar-refractivity contribution >= 4 is 12.0 Å². The van der Waals surface area contributed by atoms with Crippen molar-refractivity contribution in [2.75, 3.05) is 13.6 Å². The first kappa shape index (κ1) is 16.0. The minimum atomic E-state index is -0.966. The molecule has 0 aromatic heterocycles. The highest BCUT2D eigenvalue weighted by molar-refractivity contribution is 5.87. The van der Waals surface area contributed by atoms with Crippen molar-refractivity contribution in [3.8, 4) is 0 Å². The van der Waals surface area contributed by atoms with Gasteiger partial charge in [-0.15, -0.1) is 0 Å². The van der Waals surface area contributed by atoms with Gasteiger partial charge in [0.25, 0.3) is 0 Å². The summed E-state index contributed by atoms with van der Waals surface area (Å²) in [5, 5.41) is 11.7. The van der Waals surface area contributed by atoms with E-state index in [-0.39, 0.29) is 11.6 Å². The summed E-state index contributed by atoms with van der Waals surface area (Å²) in [6.45, 7) is 5.26. The van der Waals surface area contributed by atoms with Crippen LogP contribution in [-0.4, -0.2) is 35.6 Å². The van der Waals surface area contributed by atoms with Crippen LogP contribution in [0.3, 0.4) is 0 Å². The van der Waals surface area contributed by atoms with Crippen LogP contribution in [0.25, 0.3) is 0 Å². The number of nitrogens with zero attached hydrogens (tertiary/aromatic N) is 1. The summed E-state index contributed by atoms with van der Waals surface area (Å²) >= 11 is 0. The molecule has 0 atom stereocenters. The minimum absolute atomic E-state index is 0.147. The summed E-state index contributed by atoms with van der Waals surface area (Å²) in [6, 6.07) is 6.42. The predicted molar refractivity (Wildman–Crippen MR) is 77.7 cm³/mol. The molecule has 5 nitrogen and oxygen atoms in total. The van der Waals surface area contributed by atoms with Crippen molar-refractivity contribution in [3.63, 3.8) is 0 Å². The molecule has 1 aromatic carbocycles. The third-order valence-corrected chi connectivity index (χ3v) is 3.01. The average molecular weight is 278 g/mol. The van der Waals surface area contributed by atoms with Gasteiger partial charge in [-0.2, -0.15) is 0 Å². The Kier molecular flexibility index (Phi) is 6.03. The zero-order valence-electron chi connectivity index (χ0n) is 12.2. The maximum Gasteiger partial charge on any atom is 0.335 e. The van der Waals surface area contributed by atoms with Gasteiger partial charge in [0.05, 0.1) is 5.56 Å². The zero-order chi connectivity index (χ0) is 15.1. The number of nitrogens with one attached hydrogen (secondary N) is 1. The standard InChI is InChI=1S/C15H22N2O3/c1-11(2)7-8-17(3)15(20)16-10-12-5-4-6-13(9-12)14(18)19/h4-6,9,11H,7-8,10H2,1-3H3,(H,16,20)(H,18,19). The quantitative estimate of drug-likeness (QED) is 0.840. The summed E-state index contributed by atoms with van der Waals surface area (Å²) in [7, 11) is 1.76. The summed E-state index contributed by atoms with van der Waals surface area (Å²) in [6.07, 6.45) is 0.957. The number of amides is 2. The molecule has 1 rings (SSSR count). The van der Waals surface area contributed by atoms with Crippen LogP contribution in [0.5, 0.6) is 0 Å². The van der Waals surface area contributed by atoms with Crippen LogP contribution >= 0.6 is 0 Å². The molecule has 0 fully saturated rings. The third kappa shape index (κ3) is 5.30. The lowest BCUT2D eigenvalue weighted by molar-refractivity contribution is 0.0696. The number of carboxylic acids is 1. The van der Waals surface area contributed by atoms with Gasteiger partial charge < -0.3 is 15.3 Å². The van der Waals surface area contributed by atoms with Gasteiger partial charge in [0.2, 0.25) is 0 Å². The number of urea groups is 1. The van der Waals surface area contributed by atoms with Gasteiger partial charge in [-0.05, 0) is 30.0 Å². The second-order valence-corrected chi connectivity index (χ2v) is 5.27. The molecule has 0 unspecified atom stereocenters. The number of carbonyl (C=O) groups is 2. The van der Waals surface area contributed by atoms with Gasteiger partial charge in [-0.25, -0.2) is 9.59 Å². The lowest BCUT2D eigenvalue weighted by Crippen LogP contribution is -2.37. The molecule has 0 heterocycles. The summed E-state index contributed by atoms with van der Waals surface area (Å²) in [5.41, 5.74) is 1.00. The second kappa shape index (κ2) is 7.53. The predicted octanol–water partition coefficient (Wildman–Crippen LogP) is 2.57. The van der Waals surface area contributed by atoms with Gasteiger partial charge in [-0.1, -0.05) is 26.0 Å². The van der Waals surface area contributed by atoms with Gasteiger partial charge in [-0.3, -0.25) is 0 Å². The first-order valence-electron chi connectivity index (χ1n) is 6.71. The van der Waals surface area contributed by atoms with Gasteiger partial charge in [0, 0.05) is 20.1 Å². The molecular formula is C15H22N2O3. The van der Waals surface area contributed by atoms with Crippen LogP contribution in [0.2, 0.25) is 0 Å². The Morgan fingerprint density at radius 3 is 2.65 bits per heavy atom. The number of hydrogen-bond donors (Lipinski definition) is 2. The van der Waals surface area contributed by atoms with Gasteiger partial charge in [0.15, 0.2) is 0 Å². The lowest BCUT2D eigenvalue weighted by Gasteiger charge is -2.19. The van der Waals surface area contributed by atoms with E-state index in [0.717, 1.165) is 12.0 Å². The van der Waals surface area contributed by atoms with E-state index in [2.05, 4.69) is 19.2 Å². The van der Waals surface area contributed by atoms with Crippen molar-refractivity contribution in [1.82, 2.24) is 10.2 Å². The number of hydrogen-bond acceptors (Lipinski definition) is 2. The van der Waals surface area contributed by atoms with Crippen molar-refractivity contribution in [3.05, 3.63) is 35.4 Å². The third-order valence-electron chi connectivity index (χ3n) is 3.01. The molecule has 0 bridgehead atoms. The fourth-order valence-corrected chi connectivity index (χ4v) is 1.68. The van der Waals surface area contributed by atoms with Crippen molar-refractivity contribution in [2.45, 2.75) is 26.8 Å². The van der Waals surface area contributed by atoms with Crippen LogP contribution in [0.4, 0.5) is 4.79 Å². The zero-order valence-corrected chi connectivity index (χ0v) is 12.2. The molecule has 20 heavy (non-hydrogen) atoms. The van der Waals surface area contributed by atoms with Crippen molar-refractivity contribution in [2.24, 2.45) is 5.92 Å². The molecule has 2 N–H and O–H groups in total. The molecule has 5 heteroatoms. The largest absolute Gasteiger partial charge is 0.478 e. The Morgan fingerprint density at radius 1 is 1.35 bits per heavy atom. The molecule has 0 saturated carbocycles. The molecule has 110 valence electrons. The van der Waals surface area contributed by atoms with Gasteiger partial charge in [0.1, 0.15) is 0 Å². The fourth-order valence-electron chi connectivity index (χ4n) is 1.68.